The molecule has 2 N–H and O–H groups in total. The largest absolute Gasteiger partial charge is 0.399 e. The molecule has 18 heavy (non-hydrogen) atoms. The molecule has 94 valence electrons. The van der Waals surface area contributed by atoms with Crippen molar-refractivity contribution in [1.82, 2.24) is 9.78 Å². The normalized spacial score (nSPS) is 10.9. The number of halogens is 1. The first-order chi connectivity index (χ1) is 8.50. The van der Waals surface area contributed by atoms with Crippen LogP contribution in [0.3, 0.4) is 0 Å². The van der Waals surface area contributed by atoms with E-state index in [1.807, 2.05) is 13.8 Å². The number of hydrogen-bond donors (Lipinski definition) is 1. The van der Waals surface area contributed by atoms with Crippen LogP contribution in [0.5, 0.6) is 0 Å². The number of benzene rings is 1. The Kier molecular flexibility index (Phi) is 3.52. The summed E-state index contributed by atoms with van der Waals surface area (Å²) in [5.41, 5.74) is 7.41. The zero-order valence-corrected chi connectivity index (χ0v) is 11.8. The summed E-state index contributed by atoms with van der Waals surface area (Å²) in [4.78, 5) is 12.5. The Bertz CT molecular complexity index is 590. The molecule has 2 aromatic rings. The van der Waals surface area contributed by atoms with Gasteiger partial charge in [0.25, 0.3) is 0 Å². The Labute approximate surface area is 114 Å². The Morgan fingerprint density at radius 1 is 1.39 bits per heavy atom. The van der Waals surface area contributed by atoms with Crippen LogP contribution >= 0.6 is 15.9 Å². The van der Waals surface area contributed by atoms with Crippen LogP contribution in [0.15, 0.2) is 34.9 Å². The second-order valence-electron chi connectivity index (χ2n) is 4.32. The summed E-state index contributed by atoms with van der Waals surface area (Å²) in [7, 11) is 0. The average Bonchev–Trinajstić information content (AvgIpc) is 2.80. The van der Waals surface area contributed by atoms with Crippen LogP contribution in [0.4, 0.5) is 5.69 Å². The van der Waals surface area contributed by atoms with Crippen molar-refractivity contribution in [2.24, 2.45) is 0 Å². The molecule has 0 aliphatic heterocycles. The highest BCUT2D eigenvalue weighted by atomic mass is 79.9. The van der Waals surface area contributed by atoms with E-state index in [9.17, 15) is 4.79 Å². The molecule has 0 unspecified atom stereocenters. The zero-order valence-electron chi connectivity index (χ0n) is 10.2. The molecule has 0 spiro atoms. The molecule has 0 fully saturated rings. The number of nitrogen functional groups attached to an aromatic ring is 1. The van der Waals surface area contributed by atoms with Gasteiger partial charge in [0.1, 0.15) is 5.69 Å². The monoisotopic (exact) mass is 307 g/mol. The van der Waals surface area contributed by atoms with Gasteiger partial charge in [0.2, 0.25) is 5.78 Å². The van der Waals surface area contributed by atoms with Gasteiger partial charge in [-0.3, -0.25) is 9.48 Å². The van der Waals surface area contributed by atoms with Crippen molar-refractivity contribution in [3.63, 3.8) is 0 Å². The molecule has 2 rings (SSSR count). The van der Waals surface area contributed by atoms with Crippen molar-refractivity contribution in [1.29, 1.82) is 0 Å². The maximum Gasteiger partial charge on any atom is 0.212 e. The minimum Gasteiger partial charge on any atom is -0.399 e. The van der Waals surface area contributed by atoms with Gasteiger partial charge in [-0.05, 0) is 38.1 Å². The maximum atomic E-state index is 12.5. The van der Waals surface area contributed by atoms with Crippen LogP contribution in [0.1, 0.15) is 35.9 Å². The fourth-order valence-corrected chi connectivity index (χ4v) is 2.19. The number of nitrogens with zero attached hydrogens (tertiary/aromatic N) is 2. The third kappa shape index (κ3) is 2.31. The molecule has 0 aliphatic carbocycles. The minimum absolute atomic E-state index is 0.0830. The van der Waals surface area contributed by atoms with E-state index < -0.39 is 0 Å². The van der Waals surface area contributed by atoms with Gasteiger partial charge in [0.05, 0.1) is 0 Å². The van der Waals surface area contributed by atoms with Gasteiger partial charge in [-0.15, -0.1) is 0 Å². The summed E-state index contributed by atoms with van der Waals surface area (Å²) < 4.78 is 2.44. The molecule has 1 aromatic carbocycles. The van der Waals surface area contributed by atoms with E-state index >= 15 is 0 Å². The van der Waals surface area contributed by atoms with E-state index in [4.69, 9.17) is 5.73 Å². The maximum absolute atomic E-state index is 12.5. The third-order valence-corrected chi connectivity index (χ3v) is 3.32. The SMILES string of the molecule is CC(C)n1nccc1C(=O)c1cc(N)ccc1Br. The fourth-order valence-electron chi connectivity index (χ4n) is 1.76. The van der Waals surface area contributed by atoms with E-state index in [2.05, 4.69) is 21.0 Å². The minimum atomic E-state index is -0.0830. The zero-order chi connectivity index (χ0) is 13.3. The predicted octanol–water partition coefficient (Wildman–Crippen LogP) is 3.04. The second-order valence-corrected chi connectivity index (χ2v) is 5.18. The first-order valence-electron chi connectivity index (χ1n) is 5.64. The van der Waals surface area contributed by atoms with E-state index in [1.54, 1.807) is 35.1 Å². The van der Waals surface area contributed by atoms with Crippen LogP contribution in [-0.2, 0) is 0 Å². The molecule has 0 saturated carbocycles. The molecule has 0 saturated heterocycles. The molecule has 1 aromatic heterocycles. The van der Waals surface area contributed by atoms with Crippen molar-refractivity contribution in [2.75, 3.05) is 5.73 Å². The van der Waals surface area contributed by atoms with E-state index in [0.29, 0.717) is 16.9 Å². The first-order valence-corrected chi connectivity index (χ1v) is 6.43. The molecular formula is C13H14BrN3O. The number of ketones is 1. The van der Waals surface area contributed by atoms with E-state index in [1.165, 1.54) is 0 Å². The van der Waals surface area contributed by atoms with Gasteiger partial charge in [-0.1, -0.05) is 15.9 Å². The number of anilines is 1. The van der Waals surface area contributed by atoms with Gasteiger partial charge in [-0.25, -0.2) is 0 Å². The van der Waals surface area contributed by atoms with Crippen LogP contribution in [-0.4, -0.2) is 15.6 Å². The summed E-state index contributed by atoms with van der Waals surface area (Å²) in [5.74, 6) is -0.0830. The van der Waals surface area contributed by atoms with Crippen molar-refractivity contribution < 1.29 is 4.79 Å². The van der Waals surface area contributed by atoms with Crippen LogP contribution in [0.2, 0.25) is 0 Å². The smallest absolute Gasteiger partial charge is 0.212 e. The number of hydrogen-bond acceptors (Lipinski definition) is 3. The lowest BCUT2D eigenvalue weighted by Crippen LogP contribution is -2.14. The lowest BCUT2D eigenvalue weighted by molar-refractivity contribution is 0.102. The molecule has 0 bridgehead atoms. The Balaban J connectivity index is 2.48. The highest BCUT2D eigenvalue weighted by molar-refractivity contribution is 9.10. The highest BCUT2D eigenvalue weighted by Gasteiger charge is 2.18. The van der Waals surface area contributed by atoms with Crippen molar-refractivity contribution in [2.45, 2.75) is 19.9 Å². The summed E-state index contributed by atoms with van der Waals surface area (Å²) in [6.07, 6.45) is 1.63. The molecule has 0 atom stereocenters. The highest BCUT2D eigenvalue weighted by Crippen LogP contribution is 2.23. The number of carbonyl (C=O) groups is 1. The van der Waals surface area contributed by atoms with Crippen molar-refractivity contribution in [3.05, 3.63) is 46.2 Å². The van der Waals surface area contributed by atoms with Gasteiger partial charge in [0, 0.05) is 28.0 Å². The van der Waals surface area contributed by atoms with E-state index in [-0.39, 0.29) is 11.8 Å². The first kappa shape index (κ1) is 12.8. The Morgan fingerprint density at radius 2 is 2.11 bits per heavy atom. The van der Waals surface area contributed by atoms with Crippen LogP contribution in [0, 0.1) is 0 Å². The average molecular weight is 308 g/mol. The second kappa shape index (κ2) is 4.94. The Hall–Kier alpha value is -1.62. The van der Waals surface area contributed by atoms with Gasteiger partial charge in [0.15, 0.2) is 0 Å². The summed E-state index contributed by atoms with van der Waals surface area (Å²) >= 11 is 3.37. The molecule has 0 amide bonds. The topological polar surface area (TPSA) is 60.9 Å². The molecule has 0 aliphatic rings. The third-order valence-electron chi connectivity index (χ3n) is 2.63. The number of carbonyl (C=O) groups excluding carboxylic acids is 1. The summed E-state index contributed by atoms with van der Waals surface area (Å²) in [6.45, 7) is 3.97. The molecule has 5 heteroatoms. The molecule has 1 heterocycles. The van der Waals surface area contributed by atoms with E-state index in [0.717, 1.165) is 4.47 Å². The number of nitrogens with two attached hydrogens (primary N) is 1. The lowest BCUT2D eigenvalue weighted by atomic mass is 10.1. The molecule has 0 radical (unpaired) electrons. The van der Waals surface area contributed by atoms with Gasteiger partial charge >= 0.3 is 0 Å². The van der Waals surface area contributed by atoms with Crippen molar-refractivity contribution >= 4 is 27.4 Å². The number of rotatable bonds is 3. The van der Waals surface area contributed by atoms with Crippen molar-refractivity contribution in [3.8, 4) is 0 Å². The Morgan fingerprint density at radius 3 is 2.78 bits per heavy atom. The predicted molar refractivity (Wildman–Crippen MR) is 74.6 cm³/mol. The summed E-state index contributed by atoms with van der Waals surface area (Å²) in [5, 5.41) is 4.16. The van der Waals surface area contributed by atoms with Crippen LogP contribution < -0.4 is 5.73 Å². The quantitative estimate of drug-likeness (QED) is 0.700. The van der Waals surface area contributed by atoms with Crippen LogP contribution in [0.25, 0.3) is 0 Å². The molecule has 4 nitrogen and oxygen atoms in total. The van der Waals surface area contributed by atoms with Gasteiger partial charge in [-0.2, -0.15) is 5.10 Å². The lowest BCUT2D eigenvalue weighted by Gasteiger charge is -2.11. The molecular weight excluding hydrogens is 294 g/mol. The number of aromatic nitrogens is 2. The summed E-state index contributed by atoms with van der Waals surface area (Å²) in [6, 6.07) is 7.06. The standard InChI is InChI=1S/C13H14BrN3O/c1-8(2)17-12(5-6-16-17)13(18)10-7-9(15)3-4-11(10)14/h3-8H,15H2,1-2H3. The van der Waals surface area contributed by atoms with Gasteiger partial charge < -0.3 is 5.73 Å². The fraction of sp³-hybridized carbons (Fsp3) is 0.231.